The first kappa shape index (κ1) is 24.1. The van der Waals surface area contributed by atoms with Gasteiger partial charge in [0.15, 0.2) is 0 Å². The van der Waals surface area contributed by atoms with E-state index in [2.05, 4.69) is 70.0 Å². The molecular weight excluding hydrogens is 496 g/mol. The van der Waals surface area contributed by atoms with Gasteiger partial charge in [0.1, 0.15) is 17.1 Å². The molecule has 6 nitrogen and oxygen atoms in total. The maximum absolute atomic E-state index is 10.3. The summed E-state index contributed by atoms with van der Waals surface area (Å²) < 4.78 is 0.985. The third kappa shape index (κ3) is 4.50. The average molecular weight is 525 g/mol. The minimum atomic E-state index is -1.11. The summed E-state index contributed by atoms with van der Waals surface area (Å²) in [7, 11) is 2.18. The summed E-state index contributed by atoms with van der Waals surface area (Å²) in [6.07, 6.45) is 2.55. The molecule has 0 saturated carbocycles. The van der Waals surface area contributed by atoms with Crippen molar-refractivity contribution >= 4 is 27.6 Å². The maximum atomic E-state index is 10.3. The first-order chi connectivity index (χ1) is 16.2. The Labute approximate surface area is 208 Å². The number of aromatic carboxylic acids is 1. The van der Waals surface area contributed by atoms with Gasteiger partial charge in [0.05, 0.1) is 11.9 Å². The van der Waals surface area contributed by atoms with Gasteiger partial charge in [-0.05, 0) is 64.2 Å². The van der Waals surface area contributed by atoms with Crippen molar-refractivity contribution in [2.24, 2.45) is 0 Å². The number of benzene rings is 3. The van der Waals surface area contributed by atoms with Crippen LogP contribution in [0.1, 0.15) is 34.8 Å². The summed E-state index contributed by atoms with van der Waals surface area (Å²) in [4.78, 5) is 15.2. The summed E-state index contributed by atoms with van der Waals surface area (Å²) >= 11 is 3.65. The molecule has 1 fully saturated rings. The number of phenolic OH excluding ortho intramolecular Hbond substituents is 1. The van der Waals surface area contributed by atoms with Gasteiger partial charge >= 0.3 is 5.97 Å². The lowest BCUT2D eigenvalue weighted by Crippen LogP contribution is -2.47. The van der Waals surface area contributed by atoms with E-state index in [-0.39, 0.29) is 16.7 Å². The number of rotatable bonds is 4. The van der Waals surface area contributed by atoms with Crippen molar-refractivity contribution in [2.75, 3.05) is 25.0 Å². The van der Waals surface area contributed by atoms with E-state index in [0.29, 0.717) is 11.9 Å². The van der Waals surface area contributed by atoms with Crippen LogP contribution in [0.25, 0.3) is 0 Å². The Morgan fingerprint density at radius 1 is 1.09 bits per heavy atom. The third-order valence-corrected chi connectivity index (χ3v) is 7.49. The third-order valence-electron chi connectivity index (χ3n) is 6.88. The van der Waals surface area contributed by atoms with E-state index in [4.69, 9.17) is 10.2 Å². The predicted molar refractivity (Wildman–Crippen MR) is 137 cm³/mol. The summed E-state index contributed by atoms with van der Waals surface area (Å²) in [6.45, 7) is 4.51. The van der Waals surface area contributed by atoms with Crippen LogP contribution in [0.2, 0.25) is 0 Å². The minimum Gasteiger partial charge on any atom is -0.508 e. The monoisotopic (exact) mass is 524 g/mol. The Balaban J connectivity index is 0.000000231. The van der Waals surface area contributed by atoms with Crippen LogP contribution in [0.5, 0.6) is 11.5 Å². The molecule has 7 heteroatoms. The number of para-hydroxylation sites is 1. The second-order valence-corrected chi connectivity index (χ2v) is 9.92. The van der Waals surface area contributed by atoms with Gasteiger partial charge in [-0.25, -0.2) is 4.79 Å². The first-order valence-corrected chi connectivity index (χ1v) is 12.1. The van der Waals surface area contributed by atoms with Crippen LogP contribution in [0.3, 0.4) is 0 Å². The number of likely N-dealkylation sites (tertiary alicyclic amines) is 1. The van der Waals surface area contributed by atoms with Crippen molar-refractivity contribution in [2.45, 2.75) is 31.3 Å². The summed E-state index contributed by atoms with van der Waals surface area (Å²) in [5.74, 6) is -0.966. The molecule has 2 heterocycles. The number of phenols is 2. The molecular formula is C27H29BrN2O4. The molecule has 0 radical (unpaired) electrons. The minimum absolute atomic E-state index is 0.0671. The molecule has 0 aromatic heterocycles. The molecule has 0 bridgehead atoms. The Hall–Kier alpha value is -3.03. The fraction of sp³-hybridized carbons (Fsp3) is 0.296. The molecule has 0 aliphatic carbocycles. The topological polar surface area (TPSA) is 84.2 Å². The van der Waals surface area contributed by atoms with Crippen LogP contribution < -0.4 is 4.90 Å². The Kier molecular flexibility index (Phi) is 6.86. The molecule has 0 spiro atoms. The van der Waals surface area contributed by atoms with Gasteiger partial charge in [0, 0.05) is 30.0 Å². The zero-order valence-electron chi connectivity index (χ0n) is 19.3. The SMILES string of the molecule is CN1c2c(Br)cc(O)cc2C2(C)CCN(CCc3ccccc3)C12.O=C(O)c1ccccc1O. The van der Waals surface area contributed by atoms with Crippen molar-refractivity contribution in [1.29, 1.82) is 0 Å². The zero-order valence-corrected chi connectivity index (χ0v) is 20.9. The van der Waals surface area contributed by atoms with Crippen molar-refractivity contribution in [3.8, 4) is 11.5 Å². The number of likely N-dealkylation sites (N-methyl/N-ethyl adjacent to an activating group) is 1. The van der Waals surface area contributed by atoms with E-state index < -0.39 is 5.97 Å². The normalized spacial score (nSPS) is 20.9. The zero-order chi connectivity index (χ0) is 24.5. The van der Waals surface area contributed by atoms with Gasteiger partial charge in [-0.3, -0.25) is 4.90 Å². The second kappa shape index (κ2) is 9.68. The number of anilines is 1. The molecule has 3 N–H and O–H groups in total. The van der Waals surface area contributed by atoms with E-state index in [1.807, 2.05) is 6.07 Å². The Morgan fingerprint density at radius 2 is 1.76 bits per heavy atom. The van der Waals surface area contributed by atoms with Crippen molar-refractivity contribution in [3.05, 3.63) is 87.9 Å². The lowest BCUT2D eigenvalue weighted by atomic mass is 9.81. The van der Waals surface area contributed by atoms with Gasteiger partial charge in [-0.2, -0.15) is 0 Å². The molecule has 2 aliphatic heterocycles. The second-order valence-electron chi connectivity index (χ2n) is 9.07. The lowest BCUT2D eigenvalue weighted by molar-refractivity contribution is 0.0693. The van der Waals surface area contributed by atoms with Gasteiger partial charge < -0.3 is 20.2 Å². The van der Waals surface area contributed by atoms with Crippen molar-refractivity contribution in [3.63, 3.8) is 0 Å². The molecule has 3 aromatic carbocycles. The summed E-state index contributed by atoms with van der Waals surface area (Å²) in [5, 5.41) is 27.4. The molecule has 0 amide bonds. The number of fused-ring (bicyclic) bond motifs is 3. The average Bonchev–Trinajstić information content (AvgIpc) is 3.25. The number of carboxylic acid groups (broad SMARTS) is 1. The van der Waals surface area contributed by atoms with Crippen LogP contribution in [0.4, 0.5) is 5.69 Å². The molecule has 5 rings (SSSR count). The quantitative estimate of drug-likeness (QED) is 0.433. The maximum Gasteiger partial charge on any atom is 0.339 e. The van der Waals surface area contributed by atoms with E-state index in [1.165, 1.54) is 28.9 Å². The van der Waals surface area contributed by atoms with Crippen LogP contribution >= 0.6 is 15.9 Å². The lowest BCUT2D eigenvalue weighted by Gasteiger charge is -2.35. The van der Waals surface area contributed by atoms with Gasteiger partial charge in [0.2, 0.25) is 0 Å². The Morgan fingerprint density at radius 3 is 2.41 bits per heavy atom. The van der Waals surface area contributed by atoms with Gasteiger partial charge in [0.25, 0.3) is 0 Å². The van der Waals surface area contributed by atoms with E-state index >= 15 is 0 Å². The molecule has 2 aliphatic rings. The number of nitrogens with zero attached hydrogens (tertiary/aromatic N) is 2. The van der Waals surface area contributed by atoms with Crippen LogP contribution in [0.15, 0.2) is 71.2 Å². The van der Waals surface area contributed by atoms with Gasteiger partial charge in [-0.15, -0.1) is 0 Å². The largest absolute Gasteiger partial charge is 0.508 e. The number of hydrogen-bond donors (Lipinski definition) is 3. The number of carboxylic acids is 1. The van der Waals surface area contributed by atoms with Gasteiger partial charge in [-0.1, -0.05) is 49.4 Å². The highest BCUT2D eigenvalue weighted by Crippen LogP contribution is 2.54. The molecule has 178 valence electrons. The highest BCUT2D eigenvalue weighted by molar-refractivity contribution is 9.10. The number of hydrogen-bond acceptors (Lipinski definition) is 5. The number of carbonyl (C=O) groups is 1. The summed E-state index contributed by atoms with van der Waals surface area (Å²) in [5.41, 5.74) is 3.89. The van der Waals surface area contributed by atoms with E-state index in [0.717, 1.165) is 30.4 Å². The van der Waals surface area contributed by atoms with E-state index in [9.17, 15) is 9.90 Å². The number of halogens is 1. The van der Waals surface area contributed by atoms with Crippen LogP contribution in [0, 0.1) is 0 Å². The number of aromatic hydroxyl groups is 2. The smallest absolute Gasteiger partial charge is 0.339 e. The van der Waals surface area contributed by atoms with Crippen molar-refractivity contribution < 1.29 is 20.1 Å². The van der Waals surface area contributed by atoms with Crippen LogP contribution in [-0.2, 0) is 11.8 Å². The van der Waals surface area contributed by atoms with Crippen LogP contribution in [-0.4, -0.2) is 52.5 Å². The fourth-order valence-corrected chi connectivity index (χ4v) is 6.01. The summed E-state index contributed by atoms with van der Waals surface area (Å²) in [6, 6.07) is 20.3. The molecule has 3 aromatic rings. The molecule has 2 unspecified atom stereocenters. The fourth-order valence-electron chi connectivity index (χ4n) is 5.28. The highest BCUT2D eigenvalue weighted by atomic mass is 79.9. The van der Waals surface area contributed by atoms with E-state index in [1.54, 1.807) is 18.2 Å². The predicted octanol–water partition coefficient (Wildman–Crippen LogP) is 5.23. The first-order valence-electron chi connectivity index (χ1n) is 11.3. The molecule has 1 saturated heterocycles. The highest BCUT2D eigenvalue weighted by Gasteiger charge is 2.53. The molecule has 34 heavy (non-hydrogen) atoms. The Bertz CT molecular complexity index is 1190. The molecule has 2 atom stereocenters. The standard InChI is InChI=1S/C20H23BrN2O.C7H6O3/c1-20-9-11-23(10-8-14-6-4-3-5-7-14)19(20)22(2)18-16(20)12-15(24)13-17(18)21;8-6-4-2-1-3-5(6)7(9)10/h3-7,12-13,19,24H,8-11H2,1-2H3;1-4,8H,(H,9,10). The van der Waals surface area contributed by atoms with Crippen molar-refractivity contribution in [1.82, 2.24) is 4.90 Å².